The second-order valence-electron chi connectivity index (χ2n) is 9.99. The fourth-order valence-electron chi connectivity index (χ4n) is 5.75. The number of carboxylic acid groups (broad SMARTS) is 1. The van der Waals surface area contributed by atoms with Crippen molar-refractivity contribution in [2.24, 2.45) is 5.92 Å². The predicted octanol–water partition coefficient (Wildman–Crippen LogP) is 5.36. The minimum absolute atomic E-state index is 0.120. The van der Waals surface area contributed by atoms with Crippen LogP contribution in [0.4, 0.5) is 13.6 Å². The largest absolute Gasteiger partial charge is 0.481 e. The highest BCUT2D eigenvalue weighted by Crippen LogP contribution is 2.38. The highest BCUT2D eigenvalue weighted by molar-refractivity contribution is 5.82. The molecule has 2 heterocycles. The quantitative estimate of drug-likeness (QED) is 0.445. The number of hydrogen-bond donors (Lipinski definition) is 1. The molecule has 0 unspecified atom stereocenters. The number of rotatable bonds is 7. The first kappa shape index (κ1) is 25.9. The van der Waals surface area contributed by atoms with Crippen LogP contribution in [-0.4, -0.2) is 51.9 Å². The molecule has 0 bridgehead atoms. The number of nitrogens with zero attached hydrogens (tertiary/aromatic N) is 3. The van der Waals surface area contributed by atoms with E-state index in [1.807, 2.05) is 0 Å². The Morgan fingerprint density at radius 3 is 2.50 bits per heavy atom. The van der Waals surface area contributed by atoms with Crippen molar-refractivity contribution >= 4 is 23.1 Å². The average molecular weight is 528 g/mol. The van der Waals surface area contributed by atoms with Crippen LogP contribution in [0.25, 0.3) is 11.0 Å². The number of aromatic nitrogens is 2. The van der Waals surface area contributed by atoms with Gasteiger partial charge in [-0.3, -0.25) is 4.79 Å². The minimum atomic E-state index is -2.86. The van der Waals surface area contributed by atoms with Crippen LogP contribution in [0.15, 0.2) is 36.4 Å². The maximum atomic E-state index is 12.5. The molecule has 1 aromatic heterocycles. The van der Waals surface area contributed by atoms with Gasteiger partial charge < -0.3 is 24.0 Å². The van der Waals surface area contributed by atoms with E-state index in [9.17, 15) is 23.5 Å². The maximum absolute atomic E-state index is 12.5. The number of amides is 1. The number of carbonyl (C=O) groups excluding carboxylic acids is 1. The van der Waals surface area contributed by atoms with Crippen LogP contribution in [0.5, 0.6) is 5.75 Å². The highest BCUT2D eigenvalue weighted by Gasteiger charge is 2.31. The van der Waals surface area contributed by atoms with Crippen molar-refractivity contribution < 1.29 is 33.0 Å². The van der Waals surface area contributed by atoms with Crippen molar-refractivity contribution in [3.05, 3.63) is 58.9 Å². The zero-order valence-electron chi connectivity index (χ0n) is 21.2. The first-order valence-corrected chi connectivity index (χ1v) is 12.9. The molecule has 2 aromatic carbocycles. The Balaban J connectivity index is 1.47. The fourth-order valence-corrected chi connectivity index (χ4v) is 5.75. The smallest absolute Gasteiger partial charge is 0.409 e. The summed E-state index contributed by atoms with van der Waals surface area (Å²) in [6.45, 7) is -1.23. The van der Waals surface area contributed by atoms with Gasteiger partial charge in [0.15, 0.2) is 0 Å². The molecule has 5 rings (SSSR count). The number of alkyl halides is 2. The summed E-state index contributed by atoms with van der Waals surface area (Å²) in [6, 6.07) is 10.8. The van der Waals surface area contributed by atoms with E-state index in [4.69, 9.17) is 9.72 Å². The van der Waals surface area contributed by atoms with Gasteiger partial charge in [0.05, 0.1) is 30.6 Å². The van der Waals surface area contributed by atoms with Crippen molar-refractivity contribution in [1.82, 2.24) is 14.5 Å². The number of imidazole rings is 1. The number of fused-ring (bicyclic) bond motifs is 3. The lowest BCUT2D eigenvalue weighted by molar-refractivity contribution is -0.142. The van der Waals surface area contributed by atoms with Crippen LogP contribution in [0, 0.1) is 5.92 Å². The molecule has 3 aromatic rings. The van der Waals surface area contributed by atoms with Crippen LogP contribution in [-0.2, 0) is 35.5 Å². The van der Waals surface area contributed by atoms with E-state index in [1.165, 1.54) is 7.11 Å². The van der Waals surface area contributed by atoms with Crippen LogP contribution in [0.3, 0.4) is 0 Å². The van der Waals surface area contributed by atoms with Crippen molar-refractivity contribution in [3.8, 4) is 5.75 Å². The van der Waals surface area contributed by atoms with Gasteiger partial charge in [-0.15, -0.1) is 0 Å². The molecule has 8 nitrogen and oxygen atoms in total. The zero-order chi connectivity index (χ0) is 26.8. The number of carbonyl (C=O) groups is 2. The molecular formula is C28H31F2N3O5. The third kappa shape index (κ3) is 5.30. The standard InChI is InChI=1S/C28H31F2N3O5/c1-37-28(36)32-14-13-18-8-11-23-24(22(18)16-32)31-25(19-4-6-20(7-5-19)26(34)35)33(23)15-12-17-2-9-21(10-3-17)38-27(29)30/h2-3,8-11,19-20,27H,4-7,12-16H2,1H3,(H,34,35). The Morgan fingerprint density at radius 2 is 1.84 bits per heavy atom. The van der Waals surface area contributed by atoms with Crippen LogP contribution in [0.2, 0.25) is 0 Å². The second-order valence-corrected chi connectivity index (χ2v) is 9.99. The molecular weight excluding hydrogens is 496 g/mol. The SMILES string of the molecule is COC(=O)N1CCc2ccc3c(nc(C4CCC(C(=O)O)CC4)n3CCc3ccc(OC(F)F)cc3)c2C1. The van der Waals surface area contributed by atoms with E-state index in [2.05, 4.69) is 21.4 Å². The lowest BCUT2D eigenvalue weighted by atomic mass is 9.81. The summed E-state index contributed by atoms with van der Waals surface area (Å²) in [6.07, 6.45) is 3.74. The van der Waals surface area contributed by atoms with Gasteiger partial charge in [0.25, 0.3) is 0 Å². The number of benzene rings is 2. The number of aliphatic carboxylic acids is 1. The molecule has 10 heteroatoms. The third-order valence-electron chi connectivity index (χ3n) is 7.80. The molecule has 0 atom stereocenters. The molecule has 1 aliphatic heterocycles. The van der Waals surface area contributed by atoms with Crippen molar-refractivity contribution in [3.63, 3.8) is 0 Å². The van der Waals surface area contributed by atoms with Crippen molar-refractivity contribution in [2.75, 3.05) is 13.7 Å². The Labute approximate surface area is 219 Å². The number of methoxy groups -OCH3 is 1. The first-order chi connectivity index (χ1) is 18.3. The van der Waals surface area contributed by atoms with Crippen LogP contribution < -0.4 is 4.74 Å². The van der Waals surface area contributed by atoms with E-state index < -0.39 is 12.6 Å². The van der Waals surface area contributed by atoms with E-state index in [-0.39, 0.29) is 23.7 Å². The normalized spacial score (nSPS) is 19.4. The predicted molar refractivity (Wildman–Crippen MR) is 135 cm³/mol. The van der Waals surface area contributed by atoms with Crippen LogP contribution in [0.1, 0.15) is 54.1 Å². The Bertz CT molecular complexity index is 1320. The topological polar surface area (TPSA) is 93.9 Å². The van der Waals surface area contributed by atoms with Crippen molar-refractivity contribution in [1.29, 1.82) is 0 Å². The monoisotopic (exact) mass is 527 g/mol. The Kier molecular flexibility index (Phi) is 7.49. The number of ether oxygens (including phenoxy) is 2. The molecule has 1 saturated carbocycles. The number of halogens is 2. The van der Waals surface area contributed by atoms with E-state index in [0.717, 1.165) is 52.8 Å². The van der Waals surface area contributed by atoms with Gasteiger partial charge in [-0.25, -0.2) is 9.78 Å². The third-order valence-corrected chi connectivity index (χ3v) is 7.80. The fraction of sp³-hybridized carbons (Fsp3) is 0.464. The van der Waals surface area contributed by atoms with Gasteiger partial charge in [0.2, 0.25) is 0 Å². The molecule has 0 spiro atoms. The van der Waals surface area contributed by atoms with Gasteiger partial charge in [-0.2, -0.15) is 8.78 Å². The lowest BCUT2D eigenvalue weighted by Crippen LogP contribution is -2.35. The second kappa shape index (κ2) is 11.0. The summed E-state index contributed by atoms with van der Waals surface area (Å²) in [5.74, 6) is 0.128. The van der Waals surface area contributed by atoms with Crippen LogP contribution >= 0.6 is 0 Å². The molecule has 1 amide bonds. The summed E-state index contributed by atoms with van der Waals surface area (Å²) >= 11 is 0. The lowest BCUT2D eigenvalue weighted by Gasteiger charge is -2.27. The van der Waals surface area contributed by atoms with Gasteiger partial charge in [-0.1, -0.05) is 18.2 Å². The molecule has 1 N–H and O–H groups in total. The molecule has 0 radical (unpaired) electrons. The summed E-state index contributed by atoms with van der Waals surface area (Å²) in [5.41, 5.74) is 5.00. The van der Waals surface area contributed by atoms with Crippen molar-refractivity contribution in [2.45, 2.75) is 64.1 Å². The van der Waals surface area contributed by atoms with E-state index in [1.54, 1.807) is 29.2 Å². The first-order valence-electron chi connectivity index (χ1n) is 12.9. The summed E-state index contributed by atoms with van der Waals surface area (Å²) in [5, 5.41) is 9.45. The molecule has 2 aliphatic rings. The summed E-state index contributed by atoms with van der Waals surface area (Å²) in [4.78, 5) is 30.6. The summed E-state index contributed by atoms with van der Waals surface area (Å²) < 4.78 is 36.6. The maximum Gasteiger partial charge on any atom is 0.409 e. The zero-order valence-corrected chi connectivity index (χ0v) is 21.2. The van der Waals surface area contributed by atoms with Gasteiger partial charge in [-0.05, 0) is 67.9 Å². The number of hydrogen-bond acceptors (Lipinski definition) is 5. The molecule has 1 aliphatic carbocycles. The Hall–Kier alpha value is -3.69. The average Bonchev–Trinajstić information content (AvgIpc) is 3.30. The molecule has 202 valence electrons. The number of carboxylic acids is 1. The number of aryl methyl sites for hydroxylation is 2. The molecule has 1 fully saturated rings. The van der Waals surface area contributed by atoms with E-state index >= 15 is 0 Å². The van der Waals surface area contributed by atoms with E-state index in [0.29, 0.717) is 38.9 Å². The highest BCUT2D eigenvalue weighted by atomic mass is 19.3. The summed E-state index contributed by atoms with van der Waals surface area (Å²) in [7, 11) is 1.38. The van der Waals surface area contributed by atoms with Gasteiger partial charge >= 0.3 is 18.7 Å². The molecule has 0 saturated heterocycles. The minimum Gasteiger partial charge on any atom is -0.481 e. The molecule has 38 heavy (non-hydrogen) atoms. The Morgan fingerprint density at radius 1 is 1.11 bits per heavy atom. The van der Waals surface area contributed by atoms with Gasteiger partial charge in [0.1, 0.15) is 11.6 Å². The van der Waals surface area contributed by atoms with Gasteiger partial charge in [0, 0.05) is 24.6 Å².